The molecule has 1 heterocycles. The molecule has 3 nitrogen and oxygen atoms in total. The van der Waals surface area contributed by atoms with Gasteiger partial charge >= 0.3 is 0 Å². The fourth-order valence-corrected chi connectivity index (χ4v) is 1.26. The Morgan fingerprint density at radius 2 is 2.23 bits per heavy atom. The van der Waals surface area contributed by atoms with Crippen LogP contribution in [-0.2, 0) is 0 Å². The van der Waals surface area contributed by atoms with E-state index in [1.807, 2.05) is 0 Å². The molecule has 2 N–H and O–H groups in total. The first-order valence-electron chi connectivity index (χ1n) is 3.20. The molecule has 0 atom stereocenters. The summed E-state index contributed by atoms with van der Waals surface area (Å²) in [7, 11) is 0. The first kappa shape index (κ1) is 10.1. The maximum atomic E-state index is 12.4. The van der Waals surface area contributed by atoms with Gasteiger partial charge in [0.1, 0.15) is 6.07 Å². The lowest BCUT2D eigenvalue weighted by molar-refractivity contribution is 0.151. The third-order valence-electron chi connectivity index (χ3n) is 1.43. The number of hydrogen-bond acceptors (Lipinski definition) is 3. The van der Waals surface area contributed by atoms with Crippen molar-refractivity contribution in [3.63, 3.8) is 0 Å². The second-order valence-electron chi connectivity index (χ2n) is 2.19. The average molecular weight is 295 g/mol. The summed E-state index contributed by atoms with van der Waals surface area (Å²) < 4.78 is 25.2. The van der Waals surface area contributed by atoms with E-state index in [-0.39, 0.29) is 11.4 Å². The highest BCUT2D eigenvalue weighted by atomic mass is 127. The Balaban J connectivity index is 3.43. The molecule has 13 heavy (non-hydrogen) atoms. The summed E-state index contributed by atoms with van der Waals surface area (Å²) in [4.78, 5) is 3.55. The number of alkyl halides is 2. The molecular weight excluding hydrogens is 291 g/mol. The molecule has 0 aliphatic heterocycles. The van der Waals surface area contributed by atoms with Crippen LogP contribution in [0.2, 0.25) is 0 Å². The van der Waals surface area contributed by atoms with Crippen LogP contribution in [0, 0.1) is 14.9 Å². The van der Waals surface area contributed by atoms with Crippen molar-refractivity contribution in [2.45, 2.75) is 6.43 Å². The first-order valence-corrected chi connectivity index (χ1v) is 4.28. The van der Waals surface area contributed by atoms with E-state index < -0.39 is 12.0 Å². The molecule has 0 unspecified atom stereocenters. The Morgan fingerprint density at radius 1 is 1.62 bits per heavy atom. The van der Waals surface area contributed by atoms with Crippen LogP contribution in [-0.4, -0.2) is 4.98 Å². The van der Waals surface area contributed by atoms with Crippen LogP contribution in [0.25, 0.3) is 0 Å². The summed E-state index contributed by atoms with van der Waals surface area (Å²) in [6.07, 6.45) is -1.47. The number of hydrogen-bond donors (Lipinski definition) is 1. The molecule has 1 aromatic rings. The standard InChI is InChI=1S/C7H4F2IN3/c8-7(9)5-4(1-11)13-2-3(10)6(5)12/h2,7H,(H2,12,13). The molecular formula is C7H4F2IN3. The van der Waals surface area contributed by atoms with Gasteiger partial charge in [-0.05, 0) is 22.6 Å². The third-order valence-corrected chi connectivity index (χ3v) is 2.29. The highest BCUT2D eigenvalue weighted by Gasteiger charge is 2.19. The molecule has 0 spiro atoms. The number of rotatable bonds is 1. The normalized spacial score (nSPS) is 10.1. The topological polar surface area (TPSA) is 62.7 Å². The van der Waals surface area contributed by atoms with Gasteiger partial charge in [-0.1, -0.05) is 0 Å². The van der Waals surface area contributed by atoms with Crippen LogP contribution in [0.15, 0.2) is 6.20 Å². The van der Waals surface area contributed by atoms with Crippen molar-refractivity contribution >= 4 is 28.3 Å². The summed E-state index contributed by atoms with van der Waals surface area (Å²) in [6, 6.07) is 1.57. The van der Waals surface area contributed by atoms with Gasteiger partial charge < -0.3 is 5.73 Å². The number of nitrogens with zero attached hydrogens (tertiary/aromatic N) is 2. The molecule has 6 heteroatoms. The molecule has 0 aromatic carbocycles. The molecule has 0 radical (unpaired) electrons. The monoisotopic (exact) mass is 295 g/mol. The van der Waals surface area contributed by atoms with Crippen LogP contribution in [0.5, 0.6) is 0 Å². The van der Waals surface area contributed by atoms with Gasteiger partial charge in [-0.2, -0.15) is 5.26 Å². The lowest BCUT2D eigenvalue weighted by Crippen LogP contribution is -2.03. The molecule has 0 aliphatic carbocycles. The predicted molar refractivity (Wildman–Crippen MR) is 51.0 cm³/mol. The summed E-state index contributed by atoms with van der Waals surface area (Å²) >= 11 is 1.79. The Kier molecular flexibility index (Phi) is 2.98. The lowest BCUT2D eigenvalue weighted by Gasteiger charge is -2.06. The number of anilines is 1. The Bertz CT molecular complexity index is 373. The minimum Gasteiger partial charge on any atom is -0.397 e. The first-order chi connectivity index (χ1) is 6.07. The smallest absolute Gasteiger partial charge is 0.268 e. The van der Waals surface area contributed by atoms with Crippen molar-refractivity contribution in [2.75, 3.05) is 5.73 Å². The number of pyridine rings is 1. The van der Waals surface area contributed by atoms with Crippen molar-refractivity contribution in [1.29, 1.82) is 5.26 Å². The van der Waals surface area contributed by atoms with Crippen LogP contribution < -0.4 is 5.73 Å². The molecule has 0 fully saturated rings. The maximum absolute atomic E-state index is 12.4. The molecule has 0 saturated heterocycles. The second-order valence-corrected chi connectivity index (χ2v) is 3.36. The van der Waals surface area contributed by atoms with Crippen molar-refractivity contribution < 1.29 is 8.78 Å². The largest absolute Gasteiger partial charge is 0.397 e. The van der Waals surface area contributed by atoms with Crippen molar-refractivity contribution in [1.82, 2.24) is 4.98 Å². The van der Waals surface area contributed by atoms with E-state index in [1.54, 1.807) is 28.7 Å². The van der Waals surface area contributed by atoms with Crippen LogP contribution in [0.1, 0.15) is 17.7 Å². The Labute approximate surface area is 86.7 Å². The van der Waals surface area contributed by atoms with Gasteiger partial charge in [0.05, 0.1) is 14.8 Å². The highest BCUT2D eigenvalue weighted by molar-refractivity contribution is 14.1. The third kappa shape index (κ3) is 1.85. The minimum atomic E-state index is -2.77. The second kappa shape index (κ2) is 3.83. The summed E-state index contributed by atoms with van der Waals surface area (Å²) in [5.74, 6) is 0. The average Bonchev–Trinajstić information content (AvgIpc) is 2.08. The van der Waals surface area contributed by atoms with E-state index in [0.29, 0.717) is 3.57 Å². The fraction of sp³-hybridized carbons (Fsp3) is 0.143. The predicted octanol–water partition coefficient (Wildman–Crippen LogP) is 2.08. The van der Waals surface area contributed by atoms with E-state index >= 15 is 0 Å². The van der Waals surface area contributed by atoms with Gasteiger partial charge in [0.25, 0.3) is 6.43 Å². The molecule has 0 saturated carbocycles. The van der Waals surface area contributed by atoms with Gasteiger partial charge in [-0.3, -0.25) is 0 Å². The Hall–Kier alpha value is -0.970. The molecule has 1 rings (SSSR count). The number of nitrogens with two attached hydrogens (primary N) is 1. The maximum Gasteiger partial charge on any atom is 0.268 e. The fourth-order valence-electron chi connectivity index (χ4n) is 0.827. The quantitative estimate of drug-likeness (QED) is 0.807. The SMILES string of the molecule is N#Cc1ncc(I)c(N)c1C(F)F. The van der Waals surface area contributed by atoms with Gasteiger partial charge in [0.2, 0.25) is 0 Å². The molecule has 68 valence electrons. The zero-order valence-corrected chi connectivity index (χ0v) is 8.42. The number of nitrogen functional groups attached to an aromatic ring is 1. The Morgan fingerprint density at radius 3 is 2.69 bits per heavy atom. The van der Waals surface area contributed by atoms with Crippen LogP contribution in [0.4, 0.5) is 14.5 Å². The number of aromatic nitrogens is 1. The van der Waals surface area contributed by atoms with E-state index in [0.717, 1.165) is 0 Å². The zero-order valence-electron chi connectivity index (χ0n) is 6.26. The van der Waals surface area contributed by atoms with Gasteiger partial charge in [0.15, 0.2) is 5.69 Å². The van der Waals surface area contributed by atoms with E-state index in [9.17, 15) is 8.78 Å². The van der Waals surface area contributed by atoms with Crippen molar-refractivity contribution in [3.05, 3.63) is 21.0 Å². The van der Waals surface area contributed by atoms with E-state index in [4.69, 9.17) is 11.0 Å². The van der Waals surface area contributed by atoms with Crippen molar-refractivity contribution in [2.24, 2.45) is 0 Å². The van der Waals surface area contributed by atoms with Gasteiger partial charge in [0, 0.05) is 6.20 Å². The zero-order chi connectivity index (χ0) is 10.0. The summed E-state index contributed by atoms with van der Waals surface area (Å²) in [6.45, 7) is 0. The summed E-state index contributed by atoms with van der Waals surface area (Å²) in [5, 5.41) is 8.48. The molecule has 0 aliphatic rings. The highest BCUT2D eigenvalue weighted by Crippen LogP contribution is 2.30. The van der Waals surface area contributed by atoms with Crippen molar-refractivity contribution in [3.8, 4) is 6.07 Å². The van der Waals surface area contributed by atoms with E-state index in [2.05, 4.69) is 4.98 Å². The number of halogens is 3. The summed E-state index contributed by atoms with van der Waals surface area (Å²) in [5.41, 5.74) is 4.52. The molecule has 0 bridgehead atoms. The van der Waals surface area contributed by atoms with Gasteiger partial charge in [-0.25, -0.2) is 13.8 Å². The van der Waals surface area contributed by atoms with Gasteiger partial charge in [-0.15, -0.1) is 0 Å². The number of nitriles is 1. The minimum absolute atomic E-state index is 0.0675. The lowest BCUT2D eigenvalue weighted by atomic mass is 10.2. The van der Waals surface area contributed by atoms with E-state index in [1.165, 1.54) is 6.20 Å². The van der Waals surface area contributed by atoms with Crippen LogP contribution in [0.3, 0.4) is 0 Å². The van der Waals surface area contributed by atoms with Crippen LogP contribution >= 0.6 is 22.6 Å². The molecule has 0 amide bonds. The molecule has 1 aromatic heterocycles.